The van der Waals surface area contributed by atoms with Gasteiger partial charge in [0.1, 0.15) is 6.10 Å². The van der Waals surface area contributed by atoms with Crippen LogP contribution in [0.5, 0.6) is 0 Å². The molecule has 16 heavy (non-hydrogen) atoms. The van der Waals surface area contributed by atoms with E-state index in [1.807, 2.05) is 20.8 Å². The van der Waals surface area contributed by atoms with Crippen molar-refractivity contribution in [3.05, 3.63) is 0 Å². The highest BCUT2D eigenvalue weighted by atomic mass is 35.7. The van der Waals surface area contributed by atoms with Gasteiger partial charge in [-0.25, -0.2) is 8.42 Å². The predicted octanol–water partition coefficient (Wildman–Crippen LogP) is 1.63. The van der Waals surface area contributed by atoms with Crippen LogP contribution in [0.2, 0.25) is 0 Å². The first-order valence-corrected chi connectivity index (χ1v) is 7.78. The van der Waals surface area contributed by atoms with Crippen LogP contribution in [0.25, 0.3) is 0 Å². The third-order valence-electron chi connectivity index (χ3n) is 2.77. The van der Waals surface area contributed by atoms with Crippen molar-refractivity contribution in [2.75, 3.05) is 25.6 Å². The molecule has 1 aliphatic heterocycles. The van der Waals surface area contributed by atoms with Crippen LogP contribution in [0.4, 0.5) is 0 Å². The molecule has 0 aromatic carbocycles. The summed E-state index contributed by atoms with van der Waals surface area (Å²) in [4.78, 5) is 0. The van der Waals surface area contributed by atoms with Gasteiger partial charge in [-0.3, -0.25) is 0 Å². The summed E-state index contributed by atoms with van der Waals surface area (Å²) in [5, 5.41) is 0. The lowest BCUT2D eigenvalue weighted by molar-refractivity contribution is -0.140. The van der Waals surface area contributed by atoms with E-state index in [4.69, 9.17) is 20.2 Å². The lowest BCUT2D eigenvalue weighted by atomic mass is 9.82. The lowest BCUT2D eigenvalue weighted by Crippen LogP contribution is -2.40. The van der Waals surface area contributed by atoms with Crippen molar-refractivity contribution in [3.8, 4) is 0 Å². The number of hydrogen-bond donors (Lipinski definition) is 0. The molecule has 1 fully saturated rings. The fraction of sp³-hybridized carbons (Fsp3) is 1.00. The topological polar surface area (TPSA) is 52.6 Å². The van der Waals surface area contributed by atoms with Gasteiger partial charge in [-0.2, -0.15) is 0 Å². The Kier molecular flexibility index (Phi) is 4.63. The molecular weight excluding hydrogens is 252 g/mol. The molecule has 0 radical (unpaired) electrons. The number of hydrogen-bond acceptors (Lipinski definition) is 4. The molecule has 0 aromatic rings. The molecule has 1 aliphatic rings. The molecule has 0 amide bonds. The minimum atomic E-state index is -3.48. The summed E-state index contributed by atoms with van der Waals surface area (Å²) in [6.07, 6.45) is 0.114. The molecule has 0 aliphatic carbocycles. The van der Waals surface area contributed by atoms with E-state index in [1.165, 1.54) is 0 Å². The Morgan fingerprint density at radius 3 is 2.31 bits per heavy atom. The van der Waals surface area contributed by atoms with Gasteiger partial charge in [-0.05, 0) is 5.41 Å². The Bertz CT molecular complexity index is 316. The van der Waals surface area contributed by atoms with E-state index in [0.29, 0.717) is 19.8 Å². The van der Waals surface area contributed by atoms with Crippen LogP contribution in [-0.4, -0.2) is 40.1 Å². The minimum Gasteiger partial charge on any atom is -0.376 e. The van der Waals surface area contributed by atoms with E-state index in [1.54, 1.807) is 0 Å². The first kappa shape index (κ1) is 14.2. The van der Waals surface area contributed by atoms with Crippen molar-refractivity contribution in [3.63, 3.8) is 0 Å². The molecule has 6 heteroatoms. The third kappa shape index (κ3) is 4.99. The number of rotatable bonds is 5. The zero-order valence-corrected chi connectivity index (χ0v) is 11.5. The van der Waals surface area contributed by atoms with E-state index < -0.39 is 9.05 Å². The lowest BCUT2D eigenvalue weighted by Gasteiger charge is -2.33. The molecule has 0 bridgehead atoms. The number of ether oxygens (including phenoxy) is 2. The van der Waals surface area contributed by atoms with E-state index >= 15 is 0 Å². The summed E-state index contributed by atoms with van der Waals surface area (Å²) < 4.78 is 32.8. The van der Waals surface area contributed by atoms with Crippen molar-refractivity contribution >= 4 is 19.7 Å². The average molecular weight is 271 g/mol. The van der Waals surface area contributed by atoms with Crippen LogP contribution in [0.1, 0.15) is 20.8 Å². The maximum absolute atomic E-state index is 11.1. The summed E-state index contributed by atoms with van der Waals surface area (Å²) in [5.41, 5.74) is -0.146. The Morgan fingerprint density at radius 2 is 2.00 bits per heavy atom. The molecule has 1 rings (SSSR count). The van der Waals surface area contributed by atoms with Gasteiger partial charge in [-0.1, -0.05) is 20.8 Å². The first-order chi connectivity index (χ1) is 7.18. The van der Waals surface area contributed by atoms with E-state index in [9.17, 15) is 8.42 Å². The maximum atomic E-state index is 11.1. The Hall–Kier alpha value is 0.160. The number of halogens is 1. The third-order valence-corrected chi connectivity index (χ3v) is 3.94. The van der Waals surface area contributed by atoms with Gasteiger partial charge in [0.15, 0.2) is 0 Å². The zero-order valence-electron chi connectivity index (χ0n) is 9.90. The van der Waals surface area contributed by atoms with Gasteiger partial charge in [0.25, 0.3) is 0 Å². The van der Waals surface area contributed by atoms with Crippen LogP contribution >= 0.6 is 10.7 Å². The molecule has 0 saturated carbocycles. The zero-order chi connectivity index (χ0) is 12.4. The average Bonchev–Trinajstić information content (AvgIpc) is 1.95. The van der Waals surface area contributed by atoms with Crippen LogP contribution in [-0.2, 0) is 18.5 Å². The molecular formula is C10H19ClO4S. The molecule has 0 spiro atoms. The van der Waals surface area contributed by atoms with Gasteiger partial charge in [0.2, 0.25) is 9.05 Å². The van der Waals surface area contributed by atoms with Crippen molar-refractivity contribution in [2.24, 2.45) is 11.3 Å². The summed E-state index contributed by atoms with van der Waals surface area (Å²) >= 11 is 0. The van der Waals surface area contributed by atoms with E-state index in [-0.39, 0.29) is 23.2 Å². The van der Waals surface area contributed by atoms with Crippen LogP contribution < -0.4 is 0 Å². The van der Waals surface area contributed by atoms with Gasteiger partial charge in [-0.15, -0.1) is 0 Å². The van der Waals surface area contributed by atoms with E-state index in [0.717, 1.165) is 0 Å². The normalized spacial score (nSPS) is 20.5. The van der Waals surface area contributed by atoms with Crippen molar-refractivity contribution in [2.45, 2.75) is 26.9 Å². The SMILES string of the molecule is CC(C)(C)C(COC1COC1)CS(=O)(=O)Cl. The van der Waals surface area contributed by atoms with Gasteiger partial charge in [0.05, 0.1) is 25.6 Å². The Morgan fingerprint density at radius 1 is 1.44 bits per heavy atom. The second-order valence-corrected chi connectivity index (χ2v) is 8.08. The molecule has 4 nitrogen and oxygen atoms in total. The predicted molar refractivity (Wildman–Crippen MR) is 63.1 cm³/mol. The van der Waals surface area contributed by atoms with Crippen molar-refractivity contribution in [1.82, 2.24) is 0 Å². The maximum Gasteiger partial charge on any atom is 0.232 e. The summed E-state index contributed by atoms with van der Waals surface area (Å²) in [5.74, 6) is -0.151. The summed E-state index contributed by atoms with van der Waals surface area (Å²) in [6, 6.07) is 0. The first-order valence-electron chi connectivity index (χ1n) is 5.30. The summed E-state index contributed by atoms with van der Waals surface area (Å²) in [6.45, 7) is 7.57. The smallest absolute Gasteiger partial charge is 0.232 e. The van der Waals surface area contributed by atoms with Gasteiger partial charge in [0, 0.05) is 16.6 Å². The fourth-order valence-electron chi connectivity index (χ4n) is 1.35. The highest BCUT2D eigenvalue weighted by molar-refractivity contribution is 8.13. The molecule has 1 atom stereocenters. The molecule has 1 heterocycles. The second-order valence-electron chi connectivity index (χ2n) is 5.26. The van der Waals surface area contributed by atoms with Crippen LogP contribution in [0, 0.1) is 11.3 Å². The summed E-state index contributed by atoms with van der Waals surface area (Å²) in [7, 11) is 1.81. The molecule has 1 unspecified atom stereocenters. The standard InChI is InChI=1S/C10H19ClO4S/c1-10(2,3)8(7-16(11,12)13)4-15-9-5-14-6-9/h8-9H,4-7H2,1-3H3. The van der Waals surface area contributed by atoms with Crippen LogP contribution in [0.3, 0.4) is 0 Å². The molecule has 1 saturated heterocycles. The van der Waals surface area contributed by atoms with Gasteiger partial charge < -0.3 is 9.47 Å². The van der Waals surface area contributed by atoms with Crippen molar-refractivity contribution in [1.29, 1.82) is 0 Å². The van der Waals surface area contributed by atoms with E-state index in [2.05, 4.69) is 0 Å². The highest BCUT2D eigenvalue weighted by Gasteiger charge is 2.31. The quantitative estimate of drug-likeness (QED) is 0.713. The van der Waals surface area contributed by atoms with Crippen molar-refractivity contribution < 1.29 is 17.9 Å². The Labute approximate surface area is 102 Å². The second kappa shape index (κ2) is 5.21. The van der Waals surface area contributed by atoms with Gasteiger partial charge >= 0.3 is 0 Å². The largest absolute Gasteiger partial charge is 0.376 e. The van der Waals surface area contributed by atoms with Crippen LogP contribution in [0.15, 0.2) is 0 Å². The fourth-order valence-corrected chi connectivity index (χ4v) is 2.88. The molecule has 0 N–H and O–H groups in total. The highest BCUT2D eigenvalue weighted by Crippen LogP contribution is 2.29. The molecule has 96 valence electrons. The minimum absolute atomic E-state index is 0.0500. The monoisotopic (exact) mass is 270 g/mol. The molecule has 0 aromatic heterocycles. The Balaban J connectivity index is 2.49.